The SMILES string of the molecule is CCCCOc1ccc2c(c1)C(NCC(C)C)CC(C)(C)O2. The number of rotatable bonds is 7. The van der Waals surface area contributed by atoms with E-state index in [0.717, 1.165) is 43.9 Å². The molecule has 0 saturated carbocycles. The summed E-state index contributed by atoms with van der Waals surface area (Å²) in [7, 11) is 0. The van der Waals surface area contributed by atoms with E-state index < -0.39 is 0 Å². The van der Waals surface area contributed by atoms with E-state index >= 15 is 0 Å². The molecule has 0 spiro atoms. The van der Waals surface area contributed by atoms with Gasteiger partial charge in [-0.1, -0.05) is 27.2 Å². The summed E-state index contributed by atoms with van der Waals surface area (Å²) in [4.78, 5) is 0. The Morgan fingerprint density at radius 3 is 2.82 bits per heavy atom. The van der Waals surface area contributed by atoms with Gasteiger partial charge in [0.15, 0.2) is 0 Å². The second-order valence-corrected chi connectivity index (χ2v) is 7.32. The molecule has 0 bridgehead atoms. The van der Waals surface area contributed by atoms with E-state index in [1.807, 2.05) is 6.07 Å². The van der Waals surface area contributed by atoms with Crippen LogP contribution in [0.15, 0.2) is 18.2 Å². The molecule has 1 atom stereocenters. The third-order valence-corrected chi connectivity index (χ3v) is 3.98. The zero-order chi connectivity index (χ0) is 16.2. The van der Waals surface area contributed by atoms with Gasteiger partial charge >= 0.3 is 0 Å². The van der Waals surface area contributed by atoms with E-state index in [4.69, 9.17) is 9.47 Å². The summed E-state index contributed by atoms with van der Waals surface area (Å²) >= 11 is 0. The molecule has 0 aliphatic carbocycles. The van der Waals surface area contributed by atoms with Crippen LogP contribution in [0.5, 0.6) is 11.5 Å². The molecule has 1 heterocycles. The third-order valence-electron chi connectivity index (χ3n) is 3.98. The molecule has 2 rings (SSSR count). The van der Waals surface area contributed by atoms with Crippen molar-refractivity contribution in [2.24, 2.45) is 5.92 Å². The van der Waals surface area contributed by atoms with Gasteiger partial charge < -0.3 is 14.8 Å². The van der Waals surface area contributed by atoms with Crippen LogP contribution in [0.25, 0.3) is 0 Å². The van der Waals surface area contributed by atoms with Crippen molar-refractivity contribution in [3.05, 3.63) is 23.8 Å². The van der Waals surface area contributed by atoms with Crippen molar-refractivity contribution in [1.29, 1.82) is 0 Å². The van der Waals surface area contributed by atoms with Crippen molar-refractivity contribution in [3.63, 3.8) is 0 Å². The van der Waals surface area contributed by atoms with E-state index in [1.54, 1.807) is 0 Å². The minimum atomic E-state index is -0.133. The molecule has 124 valence electrons. The highest BCUT2D eigenvalue weighted by Crippen LogP contribution is 2.41. The smallest absolute Gasteiger partial charge is 0.125 e. The molecule has 0 aromatic heterocycles. The number of fused-ring (bicyclic) bond motifs is 1. The molecule has 1 aromatic carbocycles. The quantitative estimate of drug-likeness (QED) is 0.740. The summed E-state index contributed by atoms with van der Waals surface area (Å²) in [6, 6.07) is 6.56. The van der Waals surface area contributed by atoms with Crippen molar-refractivity contribution in [2.75, 3.05) is 13.2 Å². The average molecular weight is 305 g/mol. The lowest BCUT2D eigenvalue weighted by Crippen LogP contribution is -2.40. The molecule has 1 aliphatic rings. The Kier molecular flexibility index (Phi) is 5.74. The molecule has 22 heavy (non-hydrogen) atoms. The number of unbranched alkanes of at least 4 members (excludes halogenated alkanes) is 1. The summed E-state index contributed by atoms with van der Waals surface area (Å²) in [5, 5.41) is 3.69. The zero-order valence-corrected chi connectivity index (χ0v) is 14.7. The standard InChI is InChI=1S/C19H31NO2/c1-6-7-10-21-15-8-9-18-16(11-15)17(20-13-14(2)3)12-19(4,5)22-18/h8-9,11,14,17,20H,6-7,10,12-13H2,1-5H3. The predicted octanol–water partition coefficient (Wildman–Crippen LogP) is 4.71. The number of hydrogen-bond acceptors (Lipinski definition) is 3. The van der Waals surface area contributed by atoms with Crippen molar-refractivity contribution < 1.29 is 9.47 Å². The maximum absolute atomic E-state index is 6.14. The van der Waals surface area contributed by atoms with Crippen LogP contribution in [-0.4, -0.2) is 18.8 Å². The number of hydrogen-bond donors (Lipinski definition) is 1. The van der Waals surface area contributed by atoms with Crippen LogP contribution in [0.2, 0.25) is 0 Å². The summed E-state index contributed by atoms with van der Waals surface area (Å²) in [6.07, 6.45) is 3.22. The highest BCUT2D eigenvalue weighted by molar-refractivity contribution is 5.44. The molecular weight excluding hydrogens is 274 g/mol. The molecule has 1 aliphatic heterocycles. The maximum Gasteiger partial charge on any atom is 0.125 e. The Morgan fingerprint density at radius 1 is 1.36 bits per heavy atom. The van der Waals surface area contributed by atoms with Crippen molar-refractivity contribution in [2.45, 2.75) is 65.5 Å². The van der Waals surface area contributed by atoms with E-state index in [1.165, 1.54) is 5.56 Å². The predicted molar refractivity (Wildman–Crippen MR) is 91.8 cm³/mol. The van der Waals surface area contributed by atoms with Gasteiger partial charge in [-0.25, -0.2) is 0 Å². The van der Waals surface area contributed by atoms with Gasteiger partial charge in [0.1, 0.15) is 17.1 Å². The molecule has 0 fully saturated rings. The van der Waals surface area contributed by atoms with Crippen LogP contribution in [0, 0.1) is 5.92 Å². The number of nitrogens with one attached hydrogen (secondary N) is 1. The summed E-state index contributed by atoms with van der Waals surface area (Å²) in [5.41, 5.74) is 1.10. The molecule has 0 saturated heterocycles. The third kappa shape index (κ3) is 4.64. The van der Waals surface area contributed by atoms with E-state index in [0.29, 0.717) is 12.0 Å². The molecule has 3 heteroatoms. The van der Waals surface area contributed by atoms with E-state index in [-0.39, 0.29) is 5.60 Å². The summed E-state index contributed by atoms with van der Waals surface area (Å²) in [6.45, 7) is 12.8. The first-order valence-electron chi connectivity index (χ1n) is 8.60. The first kappa shape index (κ1) is 17.1. The lowest BCUT2D eigenvalue weighted by Gasteiger charge is -2.38. The number of ether oxygens (including phenoxy) is 2. The van der Waals surface area contributed by atoms with Crippen LogP contribution in [0.3, 0.4) is 0 Å². The maximum atomic E-state index is 6.14. The molecular formula is C19H31NO2. The van der Waals surface area contributed by atoms with Crippen molar-refractivity contribution >= 4 is 0 Å². The van der Waals surface area contributed by atoms with Gasteiger partial charge in [0.25, 0.3) is 0 Å². The van der Waals surface area contributed by atoms with Crippen molar-refractivity contribution in [3.8, 4) is 11.5 Å². The first-order valence-corrected chi connectivity index (χ1v) is 8.60. The van der Waals surface area contributed by atoms with Gasteiger partial charge in [-0.15, -0.1) is 0 Å². The van der Waals surface area contributed by atoms with Crippen LogP contribution in [-0.2, 0) is 0 Å². The topological polar surface area (TPSA) is 30.5 Å². The normalized spacial score (nSPS) is 19.6. The minimum Gasteiger partial charge on any atom is -0.494 e. The summed E-state index contributed by atoms with van der Waals surface area (Å²) in [5.74, 6) is 2.57. The first-order chi connectivity index (χ1) is 10.4. The van der Waals surface area contributed by atoms with Gasteiger partial charge in [0.2, 0.25) is 0 Å². The fourth-order valence-electron chi connectivity index (χ4n) is 2.82. The molecule has 0 amide bonds. The Labute approximate surface area is 135 Å². The molecule has 3 nitrogen and oxygen atoms in total. The second-order valence-electron chi connectivity index (χ2n) is 7.32. The van der Waals surface area contributed by atoms with Crippen LogP contribution < -0.4 is 14.8 Å². The van der Waals surface area contributed by atoms with Crippen molar-refractivity contribution in [1.82, 2.24) is 5.32 Å². The number of benzene rings is 1. The average Bonchev–Trinajstić information content (AvgIpc) is 2.44. The Bertz CT molecular complexity index is 482. The zero-order valence-electron chi connectivity index (χ0n) is 14.7. The van der Waals surface area contributed by atoms with Gasteiger partial charge in [0, 0.05) is 18.0 Å². The Morgan fingerprint density at radius 2 is 2.14 bits per heavy atom. The van der Waals surface area contributed by atoms with Gasteiger partial charge in [-0.05, 0) is 50.9 Å². The highest BCUT2D eigenvalue weighted by atomic mass is 16.5. The Balaban J connectivity index is 2.17. The molecule has 1 N–H and O–H groups in total. The van der Waals surface area contributed by atoms with Crippen LogP contribution in [0.1, 0.15) is 65.5 Å². The largest absolute Gasteiger partial charge is 0.494 e. The van der Waals surface area contributed by atoms with Gasteiger partial charge in [0.05, 0.1) is 6.61 Å². The minimum absolute atomic E-state index is 0.133. The second kappa shape index (κ2) is 7.36. The van der Waals surface area contributed by atoms with Gasteiger partial charge in [-0.3, -0.25) is 0 Å². The summed E-state index contributed by atoms with van der Waals surface area (Å²) < 4.78 is 12.0. The Hall–Kier alpha value is -1.22. The molecule has 1 unspecified atom stereocenters. The lowest BCUT2D eigenvalue weighted by atomic mass is 9.89. The molecule has 0 radical (unpaired) electrons. The highest BCUT2D eigenvalue weighted by Gasteiger charge is 2.33. The fraction of sp³-hybridized carbons (Fsp3) is 0.684. The van der Waals surface area contributed by atoms with Crippen LogP contribution >= 0.6 is 0 Å². The van der Waals surface area contributed by atoms with Crippen LogP contribution in [0.4, 0.5) is 0 Å². The fourth-order valence-corrected chi connectivity index (χ4v) is 2.82. The van der Waals surface area contributed by atoms with E-state index in [9.17, 15) is 0 Å². The lowest BCUT2D eigenvalue weighted by molar-refractivity contribution is 0.0652. The van der Waals surface area contributed by atoms with Gasteiger partial charge in [-0.2, -0.15) is 0 Å². The van der Waals surface area contributed by atoms with E-state index in [2.05, 4.69) is 52.1 Å². The molecule has 1 aromatic rings. The monoisotopic (exact) mass is 305 g/mol.